The molecule has 2 aromatic rings. The third-order valence-electron chi connectivity index (χ3n) is 2.77. The van der Waals surface area contributed by atoms with E-state index in [4.69, 9.17) is 4.52 Å². The Bertz CT molecular complexity index is 564. The van der Waals surface area contributed by atoms with E-state index in [0.29, 0.717) is 11.6 Å². The number of aromatic nitrogens is 1. The average Bonchev–Trinajstić information content (AvgIpc) is 2.88. The Kier molecular flexibility index (Phi) is 5.24. The molecule has 0 fully saturated rings. The van der Waals surface area contributed by atoms with Crippen LogP contribution in [-0.4, -0.2) is 22.6 Å². The first-order valence-electron chi connectivity index (χ1n) is 6.60. The molecule has 1 amide bonds. The van der Waals surface area contributed by atoms with E-state index in [1.165, 1.54) is 5.56 Å². The molecule has 0 aliphatic heterocycles. The fraction of sp³-hybridized carbons (Fsp3) is 0.333. The summed E-state index contributed by atoms with van der Waals surface area (Å²) >= 11 is 1.61. The Morgan fingerprint density at radius 3 is 2.80 bits per heavy atom. The van der Waals surface area contributed by atoms with Gasteiger partial charge in [-0.05, 0) is 24.7 Å². The molecule has 0 radical (unpaired) electrons. The molecule has 1 heterocycles. The lowest BCUT2D eigenvalue weighted by Crippen LogP contribution is -2.14. The number of thioether (sulfide) groups is 1. The highest BCUT2D eigenvalue weighted by Gasteiger charge is 2.13. The van der Waals surface area contributed by atoms with Gasteiger partial charge >= 0.3 is 0 Å². The molecule has 0 spiro atoms. The molecule has 0 aliphatic rings. The summed E-state index contributed by atoms with van der Waals surface area (Å²) in [7, 11) is 0. The number of amides is 1. The van der Waals surface area contributed by atoms with Crippen LogP contribution in [0.5, 0.6) is 0 Å². The van der Waals surface area contributed by atoms with Crippen molar-refractivity contribution in [2.24, 2.45) is 0 Å². The van der Waals surface area contributed by atoms with E-state index in [2.05, 4.69) is 17.4 Å². The van der Waals surface area contributed by atoms with Crippen molar-refractivity contribution < 1.29 is 9.32 Å². The number of carbonyl (C=O) groups is 1. The van der Waals surface area contributed by atoms with E-state index in [1.54, 1.807) is 18.0 Å². The second kappa shape index (κ2) is 7.14. The monoisotopic (exact) mass is 290 g/mol. The van der Waals surface area contributed by atoms with Crippen LogP contribution in [0, 0.1) is 6.92 Å². The number of nitrogens with one attached hydrogen (secondary N) is 1. The van der Waals surface area contributed by atoms with E-state index < -0.39 is 0 Å². The normalized spacial score (nSPS) is 10.5. The molecule has 0 saturated heterocycles. The van der Waals surface area contributed by atoms with Crippen molar-refractivity contribution in [3.05, 3.63) is 36.0 Å². The van der Waals surface area contributed by atoms with Crippen LogP contribution >= 0.6 is 11.8 Å². The number of benzene rings is 1. The van der Waals surface area contributed by atoms with Crippen molar-refractivity contribution in [3.63, 3.8) is 0 Å². The highest BCUT2D eigenvalue weighted by molar-refractivity contribution is 7.99. The molecule has 4 nitrogen and oxygen atoms in total. The lowest BCUT2D eigenvalue weighted by molar-refractivity contribution is -0.113. The minimum atomic E-state index is -0.0615. The fourth-order valence-corrected chi connectivity index (χ4v) is 2.43. The summed E-state index contributed by atoms with van der Waals surface area (Å²) in [6.07, 6.45) is 2.69. The number of rotatable bonds is 6. The number of nitrogens with zero attached hydrogens (tertiary/aromatic N) is 1. The Morgan fingerprint density at radius 2 is 2.10 bits per heavy atom. The lowest BCUT2D eigenvalue weighted by atomic mass is 10.1. The van der Waals surface area contributed by atoms with Crippen molar-refractivity contribution >= 4 is 23.6 Å². The third-order valence-corrected chi connectivity index (χ3v) is 3.93. The summed E-state index contributed by atoms with van der Waals surface area (Å²) in [6, 6.07) is 8.02. The van der Waals surface area contributed by atoms with E-state index >= 15 is 0 Å². The molecular formula is C15H18N2O2S. The molecule has 0 aliphatic carbocycles. The fourth-order valence-electron chi connectivity index (χ4n) is 1.74. The van der Waals surface area contributed by atoms with Crippen LogP contribution in [0.3, 0.4) is 0 Å². The van der Waals surface area contributed by atoms with Gasteiger partial charge in [-0.1, -0.05) is 41.9 Å². The van der Waals surface area contributed by atoms with Crippen molar-refractivity contribution in [2.75, 3.05) is 16.8 Å². The van der Waals surface area contributed by atoms with Crippen molar-refractivity contribution in [2.45, 2.75) is 20.3 Å². The van der Waals surface area contributed by atoms with Gasteiger partial charge < -0.3 is 4.52 Å². The van der Waals surface area contributed by atoms with E-state index in [9.17, 15) is 4.79 Å². The van der Waals surface area contributed by atoms with E-state index in [-0.39, 0.29) is 5.91 Å². The van der Waals surface area contributed by atoms with Gasteiger partial charge in [0.15, 0.2) is 0 Å². The minimum Gasteiger partial charge on any atom is -0.338 e. The van der Waals surface area contributed by atoms with E-state index in [0.717, 1.165) is 23.3 Å². The number of anilines is 1. The van der Waals surface area contributed by atoms with Crippen LogP contribution in [0.15, 0.2) is 35.0 Å². The zero-order chi connectivity index (χ0) is 14.4. The van der Waals surface area contributed by atoms with Crippen LogP contribution in [0.1, 0.15) is 18.9 Å². The van der Waals surface area contributed by atoms with Crippen molar-refractivity contribution in [3.8, 4) is 11.1 Å². The predicted octanol–water partition coefficient (Wildman–Crippen LogP) is 3.73. The Hall–Kier alpha value is -1.75. The Morgan fingerprint density at radius 1 is 1.35 bits per heavy atom. The molecule has 2 rings (SSSR count). The Balaban J connectivity index is 2.05. The highest BCUT2D eigenvalue weighted by Crippen LogP contribution is 2.28. The van der Waals surface area contributed by atoms with Gasteiger partial charge in [0.05, 0.1) is 17.5 Å². The number of hydrogen-bond acceptors (Lipinski definition) is 4. The maximum Gasteiger partial charge on any atom is 0.239 e. The summed E-state index contributed by atoms with van der Waals surface area (Å²) in [5, 5.41) is 6.55. The van der Waals surface area contributed by atoms with Gasteiger partial charge in [-0.2, -0.15) is 11.8 Å². The molecule has 0 bridgehead atoms. The van der Waals surface area contributed by atoms with E-state index in [1.807, 2.05) is 31.2 Å². The lowest BCUT2D eigenvalue weighted by Gasteiger charge is -2.04. The largest absolute Gasteiger partial charge is 0.338 e. The van der Waals surface area contributed by atoms with Gasteiger partial charge in [-0.3, -0.25) is 10.1 Å². The molecular weight excluding hydrogens is 272 g/mol. The number of aryl methyl sites for hydroxylation is 1. The summed E-state index contributed by atoms with van der Waals surface area (Å²) in [6.45, 7) is 4.13. The molecule has 20 heavy (non-hydrogen) atoms. The first kappa shape index (κ1) is 14.7. The highest BCUT2D eigenvalue weighted by atomic mass is 32.2. The first-order valence-corrected chi connectivity index (χ1v) is 7.75. The van der Waals surface area contributed by atoms with Crippen LogP contribution in [0.2, 0.25) is 0 Å². The number of hydrogen-bond donors (Lipinski definition) is 1. The zero-order valence-corrected chi connectivity index (χ0v) is 12.5. The quantitative estimate of drug-likeness (QED) is 0.824. The first-order chi connectivity index (χ1) is 9.70. The van der Waals surface area contributed by atoms with Gasteiger partial charge in [0, 0.05) is 0 Å². The third kappa shape index (κ3) is 3.87. The maximum atomic E-state index is 11.8. The van der Waals surface area contributed by atoms with Gasteiger partial charge in [0.2, 0.25) is 11.8 Å². The van der Waals surface area contributed by atoms with Gasteiger partial charge in [0.1, 0.15) is 0 Å². The van der Waals surface area contributed by atoms with Crippen LogP contribution in [-0.2, 0) is 4.79 Å². The smallest absolute Gasteiger partial charge is 0.239 e. The molecule has 1 N–H and O–H groups in total. The number of carbonyl (C=O) groups excluding carboxylic acids is 1. The zero-order valence-electron chi connectivity index (χ0n) is 11.7. The molecule has 0 saturated carbocycles. The SMILES string of the molecule is CCCSCC(=O)Nc1oncc1-c1ccc(C)cc1. The maximum absolute atomic E-state index is 11.8. The van der Waals surface area contributed by atoms with Gasteiger partial charge in [-0.15, -0.1) is 0 Å². The standard InChI is InChI=1S/C15H18N2O2S/c1-3-8-20-10-14(18)17-15-13(9-16-19-15)12-6-4-11(2)5-7-12/h4-7,9H,3,8,10H2,1-2H3,(H,17,18). The minimum absolute atomic E-state index is 0.0615. The molecule has 1 aromatic heterocycles. The second-order valence-electron chi connectivity index (χ2n) is 4.54. The summed E-state index contributed by atoms with van der Waals surface area (Å²) < 4.78 is 5.14. The topological polar surface area (TPSA) is 55.1 Å². The van der Waals surface area contributed by atoms with Crippen LogP contribution < -0.4 is 5.32 Å². The van der Waals surface area contributed by atoms with Gasteiger partial charge in [0.25, 0.3) is 0 Å². The molecule has 0 atom stereocenters. The summed E-state index contributed by atoms with van der Waals surface area (Å²) in [5.74, 6) is 1.76. The molecule has 106 valence electrons. The van der Waals surface area contributed by atoms with Crippen LogP contribution in [0.4, 0.5) is 5.88 Å². The van der Waals surface area contributed by atoms with Crippen molar-refractivity contribution in [1.82, 2.24) is 5.16 Å². The van der Waals surface area contributed by atoms with Crippen LogP contribution in [0.25, 0.3) is 11.1 Å². The summed E-state index contributed by atoms with van der Waals surface area (Å²) in [5.41, 5.74) is 2.97. The predicted molar refractivity (Wildman–Crippen MR) is 82.9 cm³/mol. The second-order valence-corrected chi connectivity index (χ2v) is 5.64. The molecule has 0 unspecified atom stereocenters. The molecule has 1 aromatic carbocycles. The summed E-state index contributed by atoms with van der Waals surface area (Å²) in [4.78, 5) is 11.8. The average molecular weight is 290 g/mol. The Labute approximate surface area is 122 Å². The van der Waals surface area contributed by atoms with Crippen molar-refractivity contribution in [1.29, 1.82) is 0 Å². The van der Waals surface area contributed by atoms with Gasteiger partial charge in [-0.25, -0.2) is 0 Å². The molecule has 5 heteroatoms.